The molecule has 3 rings (SSSR count). The van der Waals surface area contributed by atoms with Crippen LogP contribution in [0.15, 0.2) is 47.8 Å². The second-order valence-electron chi connectivity index (χ2n) is 6.75. The first kappa shape index (κ1) is 19.9. The lowest BCUT2D eigenvalue weighted by atomic mass is 10.0. The number of ether oxygens (including phenoxy) is 2. The highest BCUT2D eigenvalue weighted by molar-refractivity contribution is 7.13. The summed E-state index contributed by atoms with van der Waals surface area (Å²) in [5.41, 5.74) is 3.74. The molecule has 0 fully saturated rings. The Kier molecular flexibility index (Phi) is 6.31. The van der Waals surface area contributed by atoms with Gasteiger partial charge >= 0.3 is 0 Å². The lowest BCUT2D eigenvalue weighted by Crippen LogP contribution is -2.14. The minimum Gasteiger partial charge on any atom is -0.497 e. The van der Waals surface area contributed by atoms with Crippen LogP contribution in [0.5, 0.6) is 11.5 Å². The Bertz CT molecular complexity index is 926. The quantitative estimate of drug-likeness (QED) is 0.601. The van der Waals surface area contributed by atoms with E-state index in [1.807, 2.05) is 5.38 Å². The Morgan fingerprint density at radius 2 is 1.71 bits per heavy atom. The number of rotatable bonds is 7. The van der Waals surface area contributed by atoms with Crippen LogP contribution in [-0.2, 0) is 11.2 Å². The van der Waals surface area contributed by atoms with Crippen molar-refractivity contribution >= 4 is 22.9 Å². The third kappa shape index (κ3) is 4.89. The molecule has 3 aromatic rings. The third-order valence-corrected chi connectivity index (χ3v) is 5.29. The Morgan fingerprint density at radius 1 is 1.07 bits per heavy atom. The van der Waals surface area contributed by atoms with Crippen LogP contribution in [0, 0.1) is 0 Å². The van der Waals surface area contributed by atoms with Gasteiger partial charge in [0.1, 0.15) is 16.5 Å². The normalized spacial score (nSPS) is 10.8. The molecule has 0 aliphatic carbocycles. The van der Waals surface area contributed by atoms with E-state index in [9.17, 15) is 4.79 Å². The molecule has 0 radical (unpaired) electrons. The maximum absolute atomic E-state index is 12.4. The minimum atomic E-state index is -0.137. The number of benzene rings is 2. The van der Waals surface area contributed by atoms with Crippen LogP contribution >= 0.6 is 11.3 Å². The van der Waals surface area contributed by atoms with Crippen LogP contribution < -0.4 is 14.8 Å². The molecule has 0 saturated heterocycles. The van der Waals surface area contributed by atoms with E-state index in [-0.39, 0.29) is 12.3 Å². The zero-order chi connectivity index (χ0) is 20.1. The number of nitrogens with zero attached hydrogens (tertiary/aromatic N) is 1. The average molecular weight is 397 g/mol. The van der Waals surface area contributed by atoms with Gasteiger partial charge in [-0.05, 0) is 11.5 Å². The summed E-state index contributed by atoms with van der Waals surface area (Å²) in [4.78, 5) is 17.0. The van der Waals surface area contributed by atoms with Crippen molar-refractivity contribution in [3.63, 3.8) is 0 Å². The van der Waals surface area contributed by atoms with Crippen LogP contribution in [0.25, 0.3) is 10.6 Å². The highest BCUT2D eigenvalue weighted by atomic mass is 32.1. The smallest absolute Gasteiger partial charge is 0.230 e. The summed E-state index contributed by atoms with van der Waals surface area (Å²) in [5, 5.41) is 5.72. The zero-order valence-corrected chi connectivity index (χ0v) is 17.3. The topological polar surface area (TPSA) is 60.5 Å². The number of hydrogen-bond donors (Lipinski definition) is 1. The maximum Gasteiger partial charge on any atom is 0.230 e. The first-order valence-electron chi connectivity index (χ1n) is 9.06. The van der Waals surface area contributed by atoms with Gasteiger partial charge in [-0.3, -0.25) is 4.79 Å². The van der Waals surface area contributed by atoms with Crippen molar-refractivity contribution in [2.75, 3.05) is 19.5 Å². The highest BCUT2D eigenvalue weighted by Crippen LogP contribution is 2.27. The highest BCUT2D eigenvalue weighted by Gasteiger charge is 2.11. The van der Waals surface area contributed by atoms with Gasteiger partial charge in [0.15, 0.2) is 0 Å². The number of amides is 1. The van der Waals surface area contributed by atoms with Gasteiger partial charge < -0.3 is 14.8 Å². The summed E-state index contributed by atoms with van der Waals surface area (Å²) < 4.78 is 10.5. The fraction of sp³-hybridized carbons (Fsp3) is 0.273. The first-order chi connectivity index (χ1) is 13.5. The molecule has 5 nitrogen and oxygen atoms in total. The lowest BCUT2D eigenvalue weighted by molar-refractivity contribution is -0.115. The molecule has 146 valence electrons. The van der Waals surface area contributed by atoms with Crippen molar-refractivity contribution in [2.45, 2.75) is 26.2 Å². The van der Waals surface area contributed by atoms with Gasteiger partial charge in [-0.1, -0.05) is 38.1 Å². The second kappa shape index (κ2) is 8.89. The van der Waals surface area contributed by atoms with Crippen molar-refractivity contribution in [2.24, 2.45) is 0 Å². The zero-order valence-electron chi connectivity index (χ0n) is 16.5. The number of carbonyl (C=O) groups excluding carboxylic acids is 1. The summed E-state index contributed by atoms with van der Waals surface area (Å²) in [5.74, 6) is 1.60. The predicted molar refractivity (Wildman–Crippen MR) is 114 cm³/mol. The molecule has 1 heterocycles. The average Bonchev–Trinajstić information content (AvgIpc) is 3.15. The van der Waals surface area contributed by atoms with E-state index in [0.29, 0.717) is 23.1 Å². The number of carbonyl (C=O) groups is 1. The van der Waals surface area contributed by atoms with Crippen LogP contribution in [-0.4, -0.2) is 25.1 Å². The molecular weight excluding hydrogens is 372 g/mol. The van der Waals surface area contributed by atoms with E-state index in [2.05, 4.69) is 48.4 Å². The molecule has 0 saturated carbocycles. The van der Waals surface area contributed by atoms with Gasteiger partial charge in [0.25, 0.3) is 0 Å². The molecule has 1 amide bonds. The summed E-state index contributed by atoms with van der Waals surface area (Å²) in [6.45, 7) is 4.35. The van der Waals surface area contributed by atoms with E-state index in [1.165, 1.54) is 5.56 Å². The lowest BCUT2D eigenvalue weighted by Gasteiger charge is -2.09. The second-order valence-corrected chi connectivity index (χ2v) is 7.61. The number of thiazole rings is 1. The van der Waals surface area contributed by atoms with Crippen molar-refractivity contribution in [1.29, 1.82) is 0 Å². The monoisotopic (exact) mass is 396 g/mol. The van der Waals surface area contributed by atoms with Crippen LogP contribution in [0.3, 0.4) is 0 Å². The van der Waals surface area contributed by atoms with Crippen LogP contribution in [0.4, 0.5) is 5.69 Å². The first-order valence-corrected chi connectivity index (χ1v) is 9.94. The molecule has 1 aromatic heterocycles. The van der Waals surface area contributed by atoms with Gasteiger partial charge in [-0.2, -0.15) is 0 Å². The molecule has 0 aliphatic heterocycles. The maximum atomic E-state index is 12.4. The van der Waals surface area contributed by atoms with E-state index < -0.39 is 0 Å². The van der Waals surface area contributed by atoms with Gasteiger partial charge in [0.05, 0.1) is 26.3 Å². The number of nitrogens with one attached hydrogen (secondary N) is 1. The number of hydrogen-bond acceptors (Lipinski definition) is 5. The number of aromatic nitrogens is 1. The Morgan fingerprint density at radius 3 is 2.29 bits per heavy atom. The fourth-order valence-corrected chi connectivity index (χ4v) is 3.61. The summed E-state index contributed by atoms with van der Waals surface area (Å²) in [6, 6.07) is 13.7. The van der Waals surface area contributed by atoms with Crippen molar-refractivity contribution < 1.29 is 14.3 Å². The molecule has 0 unspecified atom stereocenters. The molecular formula is C22H24N2O3S. The Balaban J connectivity index is 1.67. The van der Waals surface area contributed by atoms with Crippen LogP contribution in [0.1, 0.15) is 31.0 Å². The van der Waals surface area contributed by atoms with Gasteiger partial charge in [-0.15, -0.1) is 11.3 Å². The molecule has 0 spiro atoms. The van der Waals surface area contributed by atoms with E-state index >= 15 is 0 Å². The van der Waals surface area contributed by atoms with Crippen LogP contribution in [0.2, 0.25) is 0 Å². The van der Waals surface area contributed by atoms with E-state index in [1.54, 1.807) is 43.8 Å². The molecule has 0 bridgehead atoms. The molecule has 0 atom stereocenters. The predicted octanol–water partition coefficient (Wildman–Crippen LogP) is 5.13. The summed E-state index contributed by atoms with van der Waals surface area (Å²) in [6.07, 6.45) is 0.208. The van der Waals surface area contributed by atoms with Gasteiger partial charge in [0.2, 0.25) is 5.91 Å². The fourth-order valence-electron chi connectivity index (χ4n) is 2.78. The molecule has 0 aliphatic rings. The van der Waals surface area contributed by atoms with E-state index in [0.717, 1.165) is 16.3 Å². The standard InChI is InChI=1S/C22H24N2O3S/c1-14(2)15-5-7-16(8-6-15)22-24-18(13-28-22)11-21(25)23-17-9-19(26-3)12-20(10-17)27-4/h5-10,12-14H,11H2,1-4H3,(H,23,25). The largest absolute Gasteiger partial charge is 0.497 e. The third-order valence-electron chi connectivity index (χ3n) is 4.35. The van der Waals surface area contributed by atoms with Crippen molar-refractivity contribution in [3.8, 4) is 22.1 Å². The summed E-state index contributed by atoms with van der Waals surface area (Å²) >= 11 is 1.55. The molecule has 6 heteroatoms. The molecule has 2 aromatic carbocycles. The molecule has 28 heavy (non-hydrogen) atoms. The van der Waals surface area contributed by atoms with Gasteiger partial charge in [-0.25, -0.2) is 4.98 Å². The summed E-state index contributed by atoms with van der Waals surface area (Å²) in [7, 11) is 3.15. The number of anilines is 1. The minimum absolute atomic E-state index is 0.137. The van der Waals surface area contributed by atoms with Gasteiger partial charge in [0, 0.05) is 34.8 Å². The van der Waals surface area contributed by atoms with Crippen molar-refractivity contribution in [1.82, 2.24) is 4.98 Å². The SMILES string of the molecule is COc1cc(NC(=O)Cc2csc(-c3ccc(C(C)C)cc3)n2)cc(OC)c1. The Hall–Kier alpha value is -2.86. The van der Waals surface area contributed by atoms with Crippen molar-refractivity contribution in [3.05, 3.63) is 59.1 Å². The molecule has 1 N–H and O–H groups in total. The van der Waals surface area contributed by atoms with E-state index in [4.69, 9.17) is 9.47 Å². The number of methoxy groups -OCH3 is 2. The Labute approximate surface area is 169 Å².